The normalized spacial score (nSPS) is 10.4. The zero-order valence-electron chi connectivity index (χ0n) is 15.9. The maximum Gasteiger partial charge on any atom is 0.341 e. The molecule has 0 fully saturated rings. The van der Waals surface area contributed by atoms with E-state index in [1.165, 1.54) is 18.9 Å². The zero-order valence-corrected chi connectivity index (χ0v) is 16.7. The van der Waals surface area contributed by atoms with Crippen molar-refractivity contribution in [3.8, 4) is 11.3 Å². The topological polar surface area (TPSA) is 81.6 Å². The van der Waals surface area contributed by atoms with E-state index >= 15 is 0 Å². The highest BCUT2D eigenvalue weighted by Gasteiger charge is 2.28. The molecule has 3 rings (SSSR count). The summed E-state index contributed by atoms with van der Waals surface area (Å²) in [6.07, 6.45) is 0. The van der Waals surface area contributed by atoms with Gasteiger partial charge in [0.15, 0.2) is 0 Å². The summed E-state index contributed by atoms with van der Waals surface area (Å²) >= 11 is 6.57. The van der Waals surface area contributed by atoms with Gasteiger partial charge in [0.05, 0.1) is 30.1 Å². The van der Waals surface area contributed by atoms with Crippen LogP contribution < -0.4 is 10.7 Å². The number of halogens is 1. The first-order valence-corrected chi connectivity index (χ1v) is 9.13. The molecule has 29 heavy (non-hydrogen) atoms. The van der Waals surface area contributed by atoms with E-state index in [2.05, 4.69) is 10.7 Å². The Hall–Kier alpha value is -3.29. The Bertz CT molecular complexity index is 1000. The van der Waals surface area contributed by atoms with E-state index in [-0.39, 0.29) is 17.2 Å². The van der Waals surface area contributed by atoms with E-state index in [9.17, 15) is 9.59 Å². The molecule has 0 atom stereocenters. The number of aromatic nitrogens is 1. The monoisotopic (exact) mass is 413 g/mol. The molecule has 0 aliphatic heterocycles. The number of esters is 1. The number of methoxy groups -OCH3 is 2. The lowest BCUT2D eigenvalue weighted by molar-refractivity contribution is 0.0595. The zero-order chi connectivity index (χ0) is 20.8. The van der Waals surface area contributed by atoms with Crippen LogP contribution in [0.1, 0.15) is 16.1 Å². The van der Waals surface area contributed by atoms with Crippen LogP contribution in [0.5, 0.6) is 0 Å². The van der Waals surface area contributed by atoms with Crippen LogP contribution in [0.2, 0.25) is 5.02 Å². The Balaban J connectivity index is 2.09. The van der Waals surface area contributed by atoms with E-state index in [0.29, 0.717) is 22.6 Å². The first-order valence-electron chi connectivity index (χ1n) is 8.75. The summed E-state index contributed by atoms with van der Waals surface area (Å²) < 4.78 is 11.6. The minimum atomic E-state index is -0.622. The second-order valence-corrected chi connectivity index (χ2v) is 6.42. The van der Waals surface area contributed by atoms with E-state index in [1.807, 2.05) is 48.5 Å². The van der Waals surface area contributed by atoms with Gasteiger partial charge < -0.3 is 14.8 Å². The van der Waals surface area contributed by atoms with Crippen LogP contribution >= 0.6 is 11.6 Å². The third kappa shape index (κ3) is 4.42. The lowest BCUT2D eigenvalue weighted by Gasteiger charge is -2.16. The van der Waals surface area contributed by atoms with Crippen molar-refractivity contribution in [3.05, 3.63) is 76.9 Å². The summed E-state index contributed by atoms with van der Waals surface area (Å²) in [7, 11) is 2.75. The van der Waals surface area contributed by atoms with Gasteiger partial charge in [-0.1, -0.05) is 60.1 Å². The first kappa shape index (κ1) is 20.4. The van der Waals surface area contributed by atoms with Gasteiger partial charge in [0, 0.05) is 18.4 Å². The molecule has 0 saturated carbocycles. The van der Waals surface area contributed by atoms with Crippen molar-refractivity contribution in [2.24, 2.45) is 0 Å². The van der Waals surface area contributed by atoms with Gasteiger partial charge in [0.1, 0.15) is 5.56 Å². The summed E-state index contributed by atoms with van der Waals surface area (Å²) in [5.41, 5.74) is 5.02. The third-order valence-electron chi connectivity index (χ3n) is 4.17. The van der Waals surface area contributed by atoms with Gasteiger partial charge >= 0.3 is 12.0 Å². The Labute approximate surface area is 173 Å². The number of carbonyl (C=O) groups excluding carboxylic acids is 2. The molecule has 0 radical (unpaired) electrons. The van der Waals surface area contributed by atoms with Crippen LogP contribution in [0.25, 0.3) is 11.3 Å². The standard InChI is InChI=1S/C21H20ClN3O4/c1-28-13-16-17(20(26)29-2)18(22)19(14-9-5-3-6-10-14)25(16)24-21(27)23-15-11-7-4-8-12-15/h3-12H,13H2,1-2H3,(H2,23,24,27). The predicted octanol–water partition coefficient (Wildman–Crippen LogP) is 4.52. The fraction of sp³-hybridized carbons (Fsp3) is 0.143. The van der Waals surface area contributed by atoms with Crippen LogP contribution in [-0.2, 0) is 16.1 Å². The largest absolute Gasteiger partial charge is 0.465 e. The molecule has 150 valence electrons. The minimum absolute atomic E-state index is 0.0304. The second kappa shape index (κ2) is 9.27. The Morgan fingerprint density at radius 1 is 1.00 bits per heavy atom. The summed E-state index contributed by atoms with van der Waals surface area (Å²) in [6, 6.07) is 17.7. The van der Waals surface area contributed by atoms with Gasteiger partial charge in [-0.05, 0) is 12.1 Å². The van der Waals surface area contributed by atoms with Crippen molar-refractivity contribution in [1.82, 2.24) is 4.68 Å². The van der Waals surface area contributed by atoms with Crippen molar-refractivity contribution in [3.63, 3.8) is 0 Å². The number of hydrogen-bond donors (Lipinski definition) is 2. The molecule has 2 N–H and O–H groups in total. The van der Waals surface area contributed by atoms with Gasteiger partial charge in [-0.3, -0.25) is 4.68 Å². The molecule has 0 aliphatic carbocycles. The van der Waals surface area contributed by atoms with Crippen molar-refractivity contribution in [2.75, 3.05) is 25.0 Å². The number of hydrogen-bond acceptors (Lipinski definition) is 4. The highest BCUT2D eigenvalue weighted by Crippen LogP contribution is 2.36. The first-order chi connectivity index (χ1) is 14.1. The van der Waals surface area contributed by atoms with Gasteiger partial charge in [-0.2, -0.15) is 0 Å². The highest BCUT2D eigenvalue weighted by atomic mass is 35.5. The smallest absolute Gasteiger partial charge is 0.341 e. The number of nitrogens with one attached hydrogen (secondary N) is 2. The average molecular weight is 414 g/mol. The van der Waals surface area contributed by atoms with Crippen LogP contribution in [0, 0.1) is 0 Å². The molecule has 0 bridgehead atoms. The molecule has 0 saturated heterocycles. The highest BCUT2D eigenvalue weighted by molar-refractivity contribution is 6.36. The Morgan fingerprint density at radius 2 is 1.62 bits per heavy atom. The molecule has 0 spiro atoms. The maximum atomic E-state index is 12.6. The quantitative estimate of drug-likeness (QED) is 0.582. The molecule has 8 heteroatoms. The lowest BCUT2D eigenvalue weighted by atomic mass is 10.1. The van der Waals surface area contributed by atoms with Crippen molar-refractivity contribution in [1.29, 1.82) is 0 Å². The van der Waals surface area contributed by atoms with E-state index in [1.54, 1.807) is 12.1 Å². The van der Waals surface area contributed by atoms with Crippen molar-refractivity contribution in [2.45, 2.75) is 6.61 Å². The Kier molecular flexibility index (Phi) is 6.54. The average Bonchev–Trinajstić information content (AvgIpc) is 3.00. The van der Waals surface area contributed by atoms with Crippen molar-refractivity contribution >= 4 is 29.3 Å². The molecule has 2 aromatic carbocycles. The molecule has 0 aliphatic rings. The number of nitrogens with zero attached hydrogens (tertiary/aromatic N) is 1. The van der Waals surface area contributed by atoms with Gasteiger partial charge in [-0.25, -0.2) is 15.0 Å². The van der Waals surface area contributed by atoms with Crippen LogP contribution in [0.15, 0.2) is 60.7 Å². The number of carbonyl (C=O) groups is 2. The van der Waals surface area contributed by atoms with Crippen LogP contribution in [-0.4, -0.2) is 30.9 Å². The molecular weight excluding hydrogens is 394 g/mol. The van der Waals surface area contributed by atoms with Gasteiger partial charge in [-0.15, -0.1) is 0 Å². The fourth-order valence-corrected chi connectivity index (χ4v) is 3.31. The van der Waals surface area contributed by atoms with Crippen LogP contribution in [0.4, 0.5) is 10.5 Å². The number of ether oxygens (including phenoxy) is 2. The maximum absolute atomic E-state index is 12.6. The number of benzene rings is 2. The number of para-hydroxylation sites is 1. The molecule has 2 amide bonds. The summed E-state index contributed by atoms with van der Waals surface area (Å²) in [4.78, 5) is 25.0. The third-order valence-corrected chi connectivity index (χ3v) is 4.54. The summed E-state index contributed by atoms with van der Waals surface area (Å²) in [6.45, 7) is 0.0304. The van der Waals surface area contributed by atoms with Crippen molar-refractivity contribution < 1.29 is 19.1 Å². The van der Waals surface area contributed by atoms with Gasteiger partial charge in [0.2, 0.25) is 0 Å². The molecular formula is C21H20ClN3O4. The molecule has 7 nitrogen and oxygen atoms in total. The van der Waals surface area contributed by atoms with E-state index < -0.39 is 12.0 Å². The summed E-state index contributed by atoms with van der Waals surface area (Å²) in [5.74, 6) is -0.622. The molecule has 1 aromatic heterocycles. The van der Waals surface area contributed by atoms with E-state index in [0.717, 1.165) is 0 Å². The predicted molar refractivity (Wildman–Crippen MR) is 112 cm³/mol. The number of amides is 2. The molecule has 1 heterocycles. The lowest BCUT2D eigenvalue weighted by Crippen LogP contribution is -2.30. The SMILES string of the molecule is COCc1c(C(=O)OC)c(Cl)c(-c2ccccc2)n1NC(=O)Nc1ccccc1. The van der Waals surface area contributed by atoms with Crippen LogP contribution in [0.3, 0.4) is 0 Å². The molecule has 3 aromatic rings. The second-order valence-electron chi connectivity index (χ2n) is 6.04. The fourth-order valence-electron chi connectivity index (χ4n) is 2.93. The molecule has 0 unspecified atom stereocenters. The van der Waals surface area contributed by atoms with Gasteiger partial charge in [0.25, 0.3) is 0 Å². The summed E-state index contributed by atoms with van der Waals surface area (Å²) in [5, 5.41) is 2.90. The number of rotatable bonds is 6. The number of urea groups is 1. The number of anilines is 1. The van der Waals surface area contributed by atoms with E-state index in [4.69, 9.17) is 21.1 Å². The Morgan fingerprint density at radius 3 is 2.21 bits per heavy atom. The minimum Gasteiger partial charge on any atom is -0.465 e.